The van der Waals surface area contributed by atoms with Crippen molar-refractivity contribution < 1.29 is 0 Å². The molecule has 0 saturated heterocycles. The summed E-state index contributed by atoms with van der Waals surface area (Å²) < 4.78 is 0. The molecular weight excluding hydrogens is 311 g/mol. The third-order valence-corrected chi connectivity index (χ3v) is 17.6. The average Bonchev–Trinajstić information content (AvgIpc) is 2.19. The van der Waals surface area contributed by atoms with Crippen LogP contribution < -0.4 is 9.84 Å². The van der Waals surface area contributed by atoms with Crippen LogP contribution >= 0.6 is 21.7 Å². The van der Waals surface area contributed by atoms with Crippen LogP contribution in [0.1, 0.15) is 11.1 Å². The molecule has 0 bridgehead atoms. The molecule has 0 aliphatic carbocycles. The molecule has 0 fully saturated rings. The van der Waals surface area contributed by atoms with Crippen molar-refractivity contribution in [3.8, 4) is 0 Å². The molecule has 0 spiro atoms. The van der Waals surface area contributed by atoms with E-state index in [2.05, 4.69) is 68.6 Å². The minimum Gasteiger partial charge on any atom is -0.0653 e. The summed E-state index contributed by atoms with van der Waals surface area (Å²) in [4.78, 5) is 3.58. The third-order valence-electron chi connectivity index (χ3n) is 3.09. The Balaban J connectivity index is 3.59. The second-order valence-corrected chi connectivity index (χ2v) is 21.2. The fraction of sp³-hybridized carbons (Fsp3) is 0.667. The van der Waals surface area contributed by atoms with Crippen LogP contribution in [0.15, 0.2) is 0 Å². The topological polar surface area (TPSA) is 0 Å². The normalized spacial score (nSPS) is 13.3. The maximum absolute atomic E-state index is 4.04. The Morgan fingerprint density at radius 3 is 1.12 bits per heavy atom. The summed E-state index contributed by atoms with van der Waals surface area (Å²) >= 11 is 4.04. The highest BCUT2D eigenvalue weighted by molar-refractivity contribution is 9.38. The van der Waals surface area contributed by atoms with Crippen molar-refractivity contribution in [2.75, 3.05) is 0 Å². The highest BCUT2D eigenvalue weighted by Crippen LogP contribution is 2.39. The van der Waals surface area contributed by atoms with E-state index in [0.717, 1.165) is 0 Å². The van der Waals surface area contributed by atoms with Gasteiger partial charge in [-0.25, -0.2) is 0 Å². The molecule has 1 rings (SSSR count). The van der Waals surface area contributed by atoms with Crippen molar-refractivity contribution in [1.29, 1.82) is 0 Å². The second kappa shape index (κ2) is 4.42. The molecule has 16 heavy (non-hydrogen) atoms. The lowest BCUT2D eigenvalue weighted by atomic mass is 10.2. The second-order valence-electron chi connectivity index (χ2n) is 6.73. The minimum absolute atomic E-state index is 0.151. The van der Waals surface area contributed by atoms with Crippen LogP contribution in [0.3, 0.4) is 0 Å². The number of hydrogen-bond acceptors (Lipinski definition) is 0. The minimum atomic E-state index is -1.17. The first-order valence-electron chi connectivity index (χ1n) is 5.87. The predicted octanol–water partition coefficient (Wildman–Crippen LogP) is 4.54. The van der Waals surface area contributed by atoms with Crippen molar-refractivity contribution in [2.45, 2.75) is 53.1 Å². The summed E-state index contributed by atoms with van der Waals surface area (Å²) in [6, 6.07) is 0. The maximum Gasteiger partial charge on any atom is 0.0840 e. The van der Waals surface area contributed by atoms with Gasteiger partial charge >= 0.3 is 0 Å². The van der Waals surface area contributed by atoms with Crippen LogP contribution in [-0.4, -0.2) is 16.1 Å². The number of hydrogen-bond donors (Lipinski definition) is 0. The Morgan fingerprint density at radius 2 is 1.00 bits per heavy atom. The molecule has 0 N–H and O–H groups in total. The van der Waals surface area contributed by atoms with E-state index in [-0.39, 0.29) is 6.24 Å². The lowest BCUT2D eigenvalue weighted by molar-refractivity contribution is 1.42. The van der Waals surface area contributed by atoms with Crippen LogP contribution in [0.25, 0.3) is 0 Å². The summed E-state index contributed by atoms with van der Waals surface area (Å²) in [5, 5.41) is 0. The van der Waals surface area contributed by atoms with Gasteiger partial charge in [0, 0.05) is 0 Å². The zero-order chi connectivity index (χ0) is 12.9. The summed E-state index contributed by atoms with van der Waals surface area (Å²) in [5.41, 5.74) is 3.22. The Kier molecular flexibility index (Phi) is 4.07. The van der Waals surface area contributed by atoms with Gasteiger partial charge < -0.3 is 0 Å². The molecule has 0 aliphatic rings. The van der Waals surface area contributed by atoms with Gasteiger partial charge in [0.1, 0.15) is 0 Å². The van der Waals surface area contributed by atoms with Crippen LogP contribution in [0.4, 0.5) is 0 Å². The summed E-state index contributed by atoms with van der Waals surface area (Å²) in [6.07, 6.45) is -0.151. The van der Waals surface area contributed by atoms with Gasteiger partial charge in [0.25, 0.3) is 0 Å². The van der Waals surface area contributed by atoms with E-state index in [1.807, 2.05) is 0 Å². The molecule has 0 unspecified atom stereocenters. The summed E-state index contributed by atoms with van der Waals surface area (Å²) in [5.74, 6) is 0. The first kappa shape index (κ1) is 14.8. The van der Waals surface area contributed by atoms with Gasteiger partial charge in [0.2, 0.25) is 0 Å². The Morgan fingerprint density at radius 1 is 0.750 bits per heavy atom. The molecule has 0 amide bonds. The zero-order valence-electron chi connectivity index (χ0n) is 11.8. The molecule has 0 atom stereocenters. The van der Waals surface area contributed by atoms with Crippen LogP contribution in [-0.2, 0) is 0 Å². The van der Waals surface area contributed by atoms with Crippen molar-refractivity contribution in [3.63, 3.8) is 0 Å². The Hall–Kier alpha value is 0.694. The standard InChI is InChI=1S/C12H24BrPSi2/c1-9-10(2)12(16(6,7)8)14(13)11(9)15(3,4)5/h1-8H3. The summed E-state index contributed by atoms with van der Waals surface area (Å²) in [6.45, 7) is 19.5. The first-order valence-corrected chi connectivity index (χ1v) is 16.2. The average molecular weight is 335 g/mol. The molecule has 1 aromatic rings. The van der Waals surface area contributed by atoms with E-state index < -0.39 is 16.1 Å². The molecule has 0 aliphatic heterocycles. The summed E-state index contributed by atoms with van der Waals surface area (Å²) in [7, 11) is -2.34. The van der Waals surface area contributed by atoms with E-state index in [0.29, 0.717) is 0 Å². The van der Waals surface area contributed by atoms with Gasteiger partial charge in [-0.3, -0.25) is 0 Å². The molecule has 92 valence electrons. The van der Waals surface area contributed by atoms with E-state index >= 15 is 0 Å². The predicted molar refractivity (Wildman–Crippen MR) is 88.9 cm³/mol. The largest absolute Gasteiger partial charge is 0.0840 e. The molecule has 0 aromatic carbocycles. The maximum atomic E-state index is 4.04. The van der Waals surface area contributed by atoms with Gasteiger partial charge in [-0.1, -0.05) is 45.5 Å². The lowest BCUT2D eigenvalue weighted by Crippen LogP contribution is -2.39. The molecule has 4 heteroatoms. The van der Waals surface area contributed by atoms with Crippen molar-refractivity contribution in [1.82, 2.24) is 0 Å². The Bertz CT molecular complexity index is 371. The van der Waals surface area contributed by atoms with E-state index in [4.69, 9.17) is 0 Å². The molecule has 0 saturated carbocycles. The van der Waals surface area contributed by atoms with E-state index in [1.165, 1.54) is 0 Å². The van der Waals surface area contributed by atoms with Crippen molar-refractivity contribution >= 4 is 47.7 Å². The van der Waals surface area contributed by atoms with Gasteiger partial charge in [-0.05, 0) is 50.3 Å². The first-order chi connectivity index (χ1) is 6.98. The fourth-order valence-electron chi connectivity index (χ4n) is 2.48. The Labute approximate surface area is 112 Å². The fourth-order valence-corrected chi connectivity index (χ4v) is 23.1. The van der Waals surface area contributed by atoms with E-state index in [1.54, 1.807) is 21.0 Å². The molecule has 1 heterocycles. The van der Waals surface area contributed by atoms with Gasteiger partial charge in [0.05, 0.1) is 16.1 Å². The monoisotopic (exact) mass is 334 g/mol. The van der Waals surface area contributed by atoms with Gasteiger partial charge in [-0.2, -0.15) is 0 Å². The number of rotatable bonds is 2. The quantitative estimate of drug-likeness (QED) is 0.696. The van der Waals surface area contributed by atoms with Gasteiger partial charge in [-0.15, -0.1) is 0 Å². The molecular formula is C12H24BrPSi2. The highest BCUT2D eigenvalue weighted by atomic mass is 79.9. The molecule has 0 radical (unpaired) electrons. The van der Waals surface area contributed by atoms with Crippen molar-refractivity contribution in [3.05, 3.63) is 11.1 Å². The molecule has 0 nitrogen and oxygen atoms in total. The third kappa shape index (κ3) is 2.58. The van der Waals surface area contributed by atoms with Crippen molar-refractivity contribution in [2.24, 2.45) is 0 Å². The van der Waals surface area contributed by atoms with E-state index in [9.17, 15) is 0 Å². The van der Waals surface area contributed by atoms with Crippen LogP contribution in [0, 0.1) is 13.8 Å². The van der Waals surface area contributed by atoms with Crippen LogP contribution in [0.5, 0.6) is 0 Å². The highest BCUT2D eigenvalue weighted by Gasteiger charge is 2.32. The molecule has 1 aromatic heterocycles. The number of halogens is 1. The zero-order valence-corrected chi connectivity index (χ0v) is 16.3. The van der Waals surface area contributed by atoms with Crippen LogP contribution in [0.2, 0.25) is 39.3 Å². The SMILES string of the molecule is Cc1c(C)c([Si](C)(C)C)p(Br)c1[Si](C)(C)C. The smallest absolute Gasteiger partial charge is 0.0653 e. The lowest BCUT2D eigenvalue weighted by Gasteiger charge is -2.20. The van der Waals surface area contributed by atoms with Gasteiger partial charge in [0.15, 0.2) is 0 Å².